The number of halogens is 2. The Bertz CT molecular complexity index is 939. The molecule has 1 fully saturated rings. The summed E-state index contributed by atoms with van der Waals surface area (Å²) >= 11 is 6.54. The number of esters is 2. The Morgan fingerprint density at radius 1 is 0.812 bits per heavy atom. The predicted molar refractivity (Wildman–Crippen MR) is 120 cm³/mol. The molecular weight excluding hydrogens is 552 g/mol. The lowest BCUT2D eigenvalue weighted by molar-refractivity contribution is -0.178. The van der Waals surface area contributed by atoms with E-state index in [0.717, 1.165) is 8.95 Å². The third-order valence-corrected chi connectivity index (χ3v) is 6.50. The van der Waals surface area contributed by atoms with Crippen molar-refractivity contribution in [1.29, 1.82) is 0 Å². The third kappa shape index (κ3) is 5.07. The van der Waals surface area contributed by atoms with Gasteiger partial charge in [0.2, 0.25) is 0 Å². The largest absolute Gasteiger partial charge is 0.469 e. The first-order valence-corrected chi connectivity index (χ1v) is 11.2. The van der Waals surface area contributed by atoms with E-state index in [-0.39, 0.29) is 24.9 Å². The van der Waals surface area contributed by atoms with E-state index < -0.39 is 35.6 Å². The molecule has 2 aromatic heterocycles. The van der Waals surface area contributed by atoms with Gasteiger partial charge in [-0.15, -0.1) is 0 Å². The van der Waals surface area contributed by atoms with E-state index in [1.807, 2.05) is 0 Å². The van der Waals surface area contributed by atoms with Gasteiger partial charge in [-0.05, 0) is 55.8 Å². The van der Waals surface area contributed by atoms with Gasteiger partial charge >= 0.3 is 11.9 Å². The Balaban J connectivity index is 1.73. The van der Waals surface area contributed by atoms with Gasteiger partial charge in [0.05, 0.1) is 26.1 Å². The molecule has 1 aliphatic carbocycles. The number of rotatable bonds is 8. The van der Waals surface area contributed by atoms with Gasteiger partial charge in [-0.3, -0.25) is 19.2 Å². The summed E-state index contributed by atoms with van der Waals surface area (Å²) in [6.45, 7) is 0.217. The third-order valence-electron chi connectivity index (χ3n) is 5.59. The molecule has 12 heteroatoms. The number of methoxy groups -OCH3 is 2. The molecule has 3 rings (SSSR count). The van der Waals surface area contributed by atoms with Crippen LogP contribution in [-0.2, 0) is 19.1 Å². The highest BCUT2D eigenvalue weighted by Gasteiger charge is 2.58. The molecule has 2 heterocycles. The fourth-order valence-corrected chi connectivity index (χ4v) is 4.69. The van der Waals surface area contributed by atoms with E-state index in [0.29, 0.717) is 11.4 Å². The van der Waals surface area contributed by atoms with Crippen LogP contribution in [0.15, 0.2) is 33.5 Å². The fourth-order valence-electron chi connectivity index (χ4n) is 4.00. The van der Waals surface area contributed by atoms with E-state index in [1.54, 1.807) is 24.5 Å². The van der Waals surface area contributed by atoms with E-state index >= 15 is 0 Å². The van der Waals surface area contributed by atoms with Gasteiger partial charge in [-0.25, -0.2) is 0 Å². The summed E-state index contributed by atoms with van der Waals surface area (Å²) in [7, 11) is 2.47. The molecule has 2 amide bonds. The Kier molecular flexibility index (Phi) is 7.77. The highest BCUT2D eigenvalue weighted by atomic mass is 79.9. The predicted octanol–water partition coefficient (Wildman–Crippen LogP) is 1.85. The number of aromatic nitrogens is 2. The number of aromatic amines is 2. The maximum atomic E-state index is 12.4. The standard InChI is InChI=1S/C20H22Br2N4O6/c1-31-19(29)15-11(7-25-17(27)13-3-9(21)5-23-13)12(16(15)20(30)32-2)8-26-18(28)14-4-10(22)6-24-14/h3-6,11-12,15-16,23-24H,7-8H2,1-2H3,(H,25,27)(H,26,28). The quantitative estimate of drug-likeness (QED) is 0.355. The second-order valence-corrected chi connectivity index (χ2v) is 9.14. The van der Waals surface area contributed by atoms with Gasteiger partial charge in [-0.2, -0.15) is 0 Å². The van der Waals surface area contributed by atoms with Crippen LogP contribution in [0.25, 0.3) is 0 Å². The molecule has 32 heavy (non-hydrogen) atoms. The number of nitrogens with one attached hydrogen (secondary N) is 4. The van der Waals surface area contributed by atoms with E-state index in [4.69, 9.17) is 9.47 Å². The molecule has 0 aromatic carbocycles. The van der Waals surface area contributed by atoms with Crippen molar-refractivity contribution in [2.24, 2.45) is 23.7 Å². The van der Waals surface area contributed by atoms with E-state index in [2.05, 4.69) is 52.5 Å². The monoisotopic (exact) mass is 572 g/mol. The molecule has 4 atom stereocenters. The normalized spacial score (nSPS) is 21.9. The van der Waals surface area contributed by atoms with Crippen molar-refractivity contribution in [2.45, 2.75) is 0 Å². The Morgan fingerprint density at radius 3 is 1.47 bits per heavy atom. The smallest absolute Gasteiger partial charge is 0.309 e. The SMILES string of the molecule is COC(=O)C1C(CNC(=O)c2cc(Br)c[nH]2)C(CNC(=O)c2cc(Br)c[nH]2)C1C(=O)OC. The van der Waals surface area contributed by atoms with Crippen molar-refractivity contribution >= 4 is 55.6 Å². The second kappa shape index (κ2) is 10.3. The van der Waals surface area contributed by atoms with Crippen LogP contribution in [0.1, 0.15) is 21.0 Å². The molecule has 4 N–H and O–H groups in total. The summed E-state index contributed by atoms with van der Waals surface area (Å²) < 4.78 is 11.2. The molecule has 0 radical (unpaired) electrons. The zero-order chi connectivity index (χ0) is 23.4. The highest BCUT2D eigenvalue weighted by Crippen LogP contribution is 2.47. The lowest BCUT2D eigenvalue weighted by atomic mass is 9.56. The van der Waals surface area contributed by atoms with Crippen LogP contribution >= 0.6 is 31.9 Å². The lowest BCUT2D eigenvalue weighted by Crippen LogP contribution is -2.61. The maximum Gasteiger partial charge on any atom is 0.309 e. The number of carbonyl (C=O) groups excluding carboxylic acids is 4. The van der Waals surface area contributed by atoms with Crippen LogP contribution in [0.2, 0.25) is 0 Å². The van der Waals surface area contributed by atoms with Gasteiger partial charge in [0.25, 0.3) is 11.8 Å². The van der Waals surface area contributed by atoms with Crippen LogP contribution in [0.5, 0.6) is 0 Å². The van der Waals surface area contributed by atoms with Crippen molar-refractivity contribution in [2.75, 3.05) is 27.3 Å². The molecule has 4 unspecified atom stereocenters. The highest BCUT2D eigenvalue weighted by molar-refractivity contribution is 9.10. The minimum absolute atomic E-state index is 0.108. The van der Waals surface area contributed by atoms with Crippen LogP contribution in [0.4, 0.5) is 0 Å². The van der Waals surface area contributed by atoms with Gasteiger partial charge in [0, 0.05) is 34.4 Å². The summed E-state index contributed by atoms with van der Waals surface area (Å²) in [6, 6.07) is 3.24. The zero-order valence-corrected chi connectivity index (χ0v) is 20.4. The first-order chi connectivity index (χ1) is 15.3. The van der Waals surface area contributed by atoms with E-state index in [1.165, 1.54) is 14.2 Å². The van der Waals surface area contributed by atoms with E-state index in [9.17, 15) is 19.2 Å². The molecule has 2 aromatic rings. The van der Waals surface area contributed by atoms with Crippen LogP contribution in [0.3, 0.4) is 0 Å². The Hall–Kier alpha value is -2.60. The summed E-state index contributed by atoms with van der Waals surface area (Å²) in [5, 5.41) is 5.55. The van der Waals surface area contributed by atoms with Crippen molar-refractivity contribution in [3.05, 3.63) is 44.9 Å². The van der Waals surface area contributed by atoms with Crippen molar-refractivity contribution < 1.29 is 28.7 Å². The first-order valence-electron chi connectivity index (χ1n) is 9.66. The average molecular weight is 574 g/mol. The molecule has 10 nitrogen and oxygen atoms in total. The molecule has 172 valence electrons. The van der Waals surface area contributed by atoms with Gasteiger partial charge < -0.3 is 30.1 Å². The average Bonchev–Trinajstić information content (AvgIpc) is 3.40. The zero-order valence-electron chi connectivity index (χ0n) is 17.2. The molecule has 1 saturated carbocycles. The number of hydrogen-bond donors (Lipinski definition) is 4. The lowest BCUT2D eigenvalue weighted by Gasteiger charge is -2.48. The van der Waals surface area contributed by atoms with Crippen LogP contribution in [0, 0.1) is 23.7 Å². The topological polar surface area (TPSA) is 142 Å². The molecule has 0 saturated heterocycles. The van der Waals surface area contributed by atoms with Crippen molar-refractivity contribution in [1.82, 2.24) is 20.6 Å². The number of amides is 2. The minimum atomic E-state index is -0.801. The second-order valence-electron chi connectivity index (χ2n) is 7.31. The number of hydrogen-bond acceptors (Lipinski definition) is 6. The van der Waals surface area contributed by atoms with Gasteiger partial charge in [-0.1, -0.05) is 0 Å². The van der Waals surface area contributed by atoms with Crippen LogP contribution < -0.4 is 10.6 Å². The maximum absolute atomic E-state index is 12.4. The van der Waals surface area contributed by atoms with Crippen molar-refractivity contribution in [3.8, 4) is 0 Å². The van der Waals surface area contributed by atoms with Gasteiger partial charge in [0.15, 0.2) is 0 Å². The molecule has 0 aliphatic heterocycles. The Labute approximate surface area is 200 Å². The number of ether oxygens (including phenoxy) is 2. The van der Waals surface area contributed by atoms with Crippen LogP contribution in [-0.4, -0.2) is 61.0 Å². The summed E-state index contributed by atoms with van der Waals surface area (Å²) in [5.41, 5.74) is 0.690. The molecular formula is C20H22Br2N4O6. The summed E-state index contributed by atoms with van der Waals surface area (Å²) in [4.78, 5) is 55.3. The molecule has 0 spiro atoms. The van der Waals surface area contributed by atoms with Crippen molar-refractivity contribution in [3.63, 3.8) is 0 Å². The first kappa shape index (κ1) is 24.1. The summed E-state index contributed by atoms with van der Waals surface area (Å²) in [5.74, 6) is -4.35. The fraction of sp³-hybridized carbons (Fsp3) is 0.400. The van der Waals surface area contributed by atoms with Gasteiger partial charge in [0.1, 0.15) is 11.4 Å². The summed E-state index contributed by atoms with van der Waals surface area (Å²) in [6.07, 6.45) is 3.25. The number of H-pyrrole nitrogens is 2. The molecule has 0 bridgehead atoms. The Morgan fingerprint density at radius 2 is 1.19 bits per heavy atom. The number of carbonyl (C=O) groups is 4. The molecule has 1 aliphatic rings. The minimum Gasteiger partial charge on any atom is -0.469 e.